The molecule has 7 heteroatoms. The van der Waals surface area contributed by atoms with Gasteiger partial charge in [0.05, 0.1) is 6.61 Å². The van der Waals surface area contributed by atoms with Crippen LogP contribution >= 0.6 is 0 Å². The number of rotatable bonds is 9. The molecule has 0 aliphatic carbocycles. The Balaban J connectivity index is 2.85. The first kappa shape index (κ1) is 22.9. The van der Waals surface area contributed by atoms with E-state index >= 15 is 0 Å². The lowest BCUT2D eigenvalue weighted by Crippen LogP contribution is -2.50. The molecule has 152 valence electrons. The predicted molar refractivity (Wildman–Crippen MR) is 104 cm³/mol. The van der Waals surface area contributed by atoms with Crippen LogP contribution in [-0.4, -0.2) is 35.3 Å². The monoisotopic (exact) mass is 379 g/mol. The van der Waals surface area contributed by atoms with Gasteiger partial charge in [-0.05, 0) is 50.7 Å². The zero-order chi connectivity index (χ0) is 20.6. The van der Waals surface area contributed by atoms with E-state index in [-0.39, 0.29) is 12.5 Å². The van der Waals surface area contributed by atoms with E-state index in [9.17, 15) is 9.59 Å². The number of nitrogens with two attached hydrogens (primary N) is 2. The zero-order valence-electron chi connectivity index (χ0n) is 17.0. The van der Waals surface area contributed by atoms with E-state index in [2.05, 4.69) is 0 Å². The molecule has 7 nitrogen and oxygen atoms in total. The van der Waals surface area contributed by atoms with Crippen molar-refractivity contribution in [3.8, 4) is 0 Å². The molecule has 0 aliphatic rings. The molecule has 0 aliphatic heterocycles. The maximum absolute atomic E-state index is 12.6. The van der Waals surface area contributed by atoms with Crippen LogP contribution < -0.4 is 11.5 Å². The molecule has 0 spiro atoms. The van der Waals surface area contributed by atoms with Gasteiger partial charge in [0.15, 0.2) is 0 Å². The Morgan fingerprint density at radius 1 is 1.11 bits per heavy atom. The number of carbonyl (C=O) groups excluding carboxylic acids is 2. The molecule has 0 heterocycles. The molecule has 1 unspecified atom stereocenters. The first-order valence-corrected chi connectivity index (χ1v) is 9.25. The first-order chi connectivity index (χ1) is 12.5. The second kappa shape index (κ2) is 10.3. The van der Waals surface area contributed by atoms with Crippen LogP contribution in [0.3, 0.4) is 0 Å². The molecule has 0 fully saturated rings. The van der Waals surface area contributed by atoms with Gasteiger partial charge in [-0.3, -0.25) is 9.63 Å². The fraction of sp³-hybridized carbons (Fsp3) is 0.600. The van der Waals surface area contributed by atoms with Crippen LogP contribution in [0.4, 0.5) is 4.79 Å². The zero-order valence-corrected chi connectivity index (χ0v) is 17.0. The van der Waals surface area contributed by atoms with Gasteiger partial charge in [-0.25, -0.2) is 4.79 Å². The number of hydrogen-bond donors (Lipinski definition) is 2. The second-order valence-electron chi connectivity index (χ2n) is 7.96. The van der Waals surface area contributed by atoms with Crippen molar-refractivity contribution in [3.05, 3.63) is 35.4 Å². The molecular formula is C20H33N3O4. The number of ether oxygens (including phenoxy) is 1. The third kappa shape index (κ3) is 8.41. The van der Waals surface area contributed by atoms with E-state index in [1.165, 1.54) is 0 Å². The summed E-state index contributed by atoms with van der Waals surface area (Å²) in [5, 5.41) is 0.988. The molecular weight excluding hydrogens is 346 g/mol. The highest BCUT2D eigenvalue weighted by Crippen LogP contribution is 2.17. The van der Waals surface area contributed by atoms with E-state index in [0.29, 0.717) is 19.4 Å². The average molecular weight is 380 g/mol. The summed E-state index contributed by atoms with van der Waals surface area (Å²) in [5.74, 6) is -0.471. The van der Waals surface area contributed by atoms with Crippen LogP contribution in [0.2, 0.25) is 0 Å². The number of hydroxylamine groups is 2. The molecule has 1 rings (SSSR count). The Kier molecular flexibility index (Phi) is 8.72. The summed E-state index contributed by atoms with van der Waals surface area (Å²) >= 11 is 0. The Morgan fingerprint density at radius 3 is 2.11 bits per heavy atom. The second-order valence-corrected chi connectivity index (χ2v) is 7.96. The minimum Gasteiger partial charge on any atom is -0.442 e. The Bertz CT molecular complexity index is 609. The van der Waals surface area contributed by atoms with Crippen LogP contribution in [0.5, 0.6) is 0 Å². The van der Waals surface area contributed by atoms with E-state index in [1.54, 1.807) is 20.8 Å². The highest BCUT2D eigenvalue weighted by Gasteiger charge is 2.33. The first-order valence-electron chi connectivity index (χ1n) is 9.25. The highest BCUT2D eigenvalue weighted by molar-refractivity contribution is 5.83. The van der Waals surface area contributed by atoms with Crippen molar-refractivity contribution in [3.63, 3.8) is 0 Å². The van der Waals surface area contributed by atoms with Crippen molar-refractivity contribution >= 4 is 12.0 Å². The number of hydrogen-bond acceptors (Lipinski definition) is 5. The van der Waals surface area contributed by atoms with E-state index in [4.69, 9.17) is 21.0 Å². The Morgan fingerprint density at radius 2 is 1.67 bits per heavy atom. The molecule has 0 saturated carbocycles. The summed E-state index contributed by atoms with van der Waals surface area (Å²) < 4.78 is 5.39. The van der Waals surface area contributed by atoms with Gasteiger partial charge in [0.1, 0.15) is 11.6 Å². The lowest BCUT2D eigenvalue weighted by Gasteiger charge is -2.31. The normalized spacial score (nSPS) is 12.7. The quantitative estimate of drug-likeness (QED) is 0.641. The van der Waals surface area contributed by atoms with Crippen molar-refractivity contribution in [2.24, 2.45) is 17.4 Å². The average Bonchev–Trinajstić information content (AvgIpc) is 2.55. The topological polar surface area (TPSA) is 108 Å². The van der Waals surface area contributed by atoms with Crippen molar-refractivity contribution in [1.82, 2.24) is 5.06 Å². The highest BCUT2D eigenvalue weighted by atomic mass is 16.7. The van der Waals surface area contributed by atoms with Gasteiger partial charge in [-0.2, -0.15) is 5.06 Å². The van der Waals surface area contributed by atoms with Gasteiger partial charge in [-0.15, -0.1) is 0 Å². The SMILES string of the molecule is CC(C)CC(C(N)=O)N(OCCc1ccc(CN)cc1)C(=O)OC(C)(C)C. The summed E-state index contributed by atoms with van der Waals surface area (Å²) in [7, 11) is 0. The maximum atomic E-state index is 12.6. The van der Waals surface area contributed by atoms with Gasteiger partial charge in [0.25, 0.3) is 0 Å². The number of carbonyl (C=O) groups is 2. The third-order valence-corrected chi connectivity index (χ3v) is 3.76. The molecule has 1 aromatic rings. The number of benzene rings is 1. The van der Waals surface area contributed by atoms with Gasteiger partial charge < -0.3 is 16.2 Å². The standard InChI is InChI=1S/C20H33N3O4/c1-14(2)12-17(18(22)24)23(19(25)27-20(3,4)5)26-11-10-15-6-8-16(13-21)9-7-15/h6-9,14,17H,10-13,21H2,1-5H3,(H2,22,24). The van der Waals surface area contributed by atoms with Gasteiger partial charge >= 0.3 is 6.09 Å². The van der Waals surface area contributed by atoms with Crippen LogP contribution in [0.1, 0.15) is 52.2 Å². The molecule has 1 aromatic carbocycles. The number of nitrogens with zero attached hydrogens (tertiary/aromatic N) is 1. The summed E-state index contributed by atoms with van der Waals surface area (Å²) in [5.41, 5.74) is 12.5. The largest absolute Gasteiger partial charge is 0.442 e. The molecule has 0 aromatic heterocycles. The molecule has 27 heavy (non-hydrogen) atoms. The van der Waals surface area contributed by atoms with Crippen LogP contribution in [0, 0.1) is 5.92 Å². The Hall–Kier alpha value is -2.12. The fourth-order valence-corrected chi connectivity index (χ4v) is 2.45. The summed E-state index contributed by atoms with van der Waals surface area (Å²) in [6.07, 6.45) is 0.238. The molecule has 0 saturated heterocycles. The van der Waals surface area contributed by atoms with E-state index in [0.717, 1.165) is 16.2 Å². The fourth-order valence-electron chi connectivity index (χ4n) is 2.45. The van der Waals surface area contributed by atoms with E-state index in [1.807, 2.05) is 38.1 Å². The maximum Gasteiger partial charge on any atom is 0.435 e. The molecule has 4 N–H and O–H groups in total. The smallest absolute Gasteiger partial charge is 0.435 e. The number of primary amides is 1. The number of amides is 2. The van der Waals surface area contributed by atoms with Crippen LogP contribution in [0.25, 0.3) is 0 Å². The van der Waals surface area contributed by atoms with Crippen molar-refractivity contribution < 1.29 is 19.2 Å². The van der Waals surface area contributed by atoms with Crippen LogP contribution in [0.15, 0.2) is 24.3 Å². The molecule has 0 bridgehead atoms. The van der Waals surface area contributed by atoms with Gasteiger partial charge in [0, 0.05) is 6.54 Å². The minimum atomic E-state index is -0.889. The van der Waals surface area contributed by atoms with Crippen molar-refractivity contribution in [2.75, 3.05) is 6.61 Å². The molecule has 2 amide bonds. The summed E-state index contributed by atoms with van der Waals surface area (Å²) in [6.45, 7) is 9.85. The van der Waals surface area contributed by atoms with Crippen molar-refractivity contribution in [2.45, 2.75) is 65.6 Å². The lowest BCUT2D eigenvalue weighted by molar-refractivity contribution is -0.178. The lowest BCUT2D eigenvalue weighted by atomic mass is 10.0. The summed E-state index contributed by atoms with van der Waals surface area (Å²) in [4.78, 5) is 30.2. The van der Waals surface area contributed by atoms with E-state index < -0.39 is 23.6 Å². The van der Waals surface area contributed by atoms with Crippen LogP contribution in [-0.2, 0) is 27.3 Å². The summed E-state index contributed by atoms with van der Waals surface area (Å²) in [6, 6.07) is 6.93. The van der Waals surface area contributed by atoms with Crippen molar-refractivity contribution in [1.29, 1.82) is 0 Å². The molecule has 0 radical (unpaired) electrons. The molecule has 1 atom stereocenters. The predicted octanol–water partition coefficient (Wildman–Crippen LogP) is 2.76. The third-order valence-electron chi connectivity index (χ3n) is 3.76. The van der Waals surface area contributed by atoms with Gasteiger partial charge in [-0.1, -0.05) is 38.1 Å². The minimum absolute atomic E-state index is 0.153. The van der Waals surface area contributed by atoms with Gasteiger partial charge in [0.2, 0.25) is 5.91 Å². The Labute approximate surface area is 161 Å².